The Hall–Kier alpha value is -2.73. The third-order valence-corrected chi connectivity index (χ3v) is 4.97. The summed E-state index contributed by atoms with van der Waals surface area (Å²) in [6.45, 7) is 3.42. The molecular weight excluding hydrogens is 436 g/mol. The highest BCUT2D eigenvalue weighted by molar-refractivity contribution is 9.10. The molecule has 2 aromatic rings. The molecule has 0 radical (unpaired) electrons. The number of nitriles is 1. The predicted octanol–water partition coefficient (Wildman–Crippen LogP) is 2.68. The maximum Gasteiger partial charge on any atom is 0.254 e. The van der Waals surface area contributed by atoms with Gasteiger partial charge in [0.25, 0.3) is 5.91 Å². The molecule has 0 unspecified atom stereocenters. The Morgan fingerprint density at radius 2 is 2.10 bits per heavy atom. The maximum absolute atomic E-state index is 11.9. The van der Waals surface area contributed by atoms with Crippen LogP contribution in [0.15, 0.2) is 52.0 Å². The first-order valence-electron chi connectivity index (χ1n) is 9.18. The second-order valence-electron chi connectivity index (χ2n) is 6.43. The van der Waals surface area contributed by atoms with Crippen LogP contribution in [0.2, 0.25) is 0 Å². The fourth-order valence-electron chi connectivity index (χ4n) is 2.80. The fourth-order valence-corrected chi connectivity index (χ4v) is 3.31. The molecule has 1 fully saturated rings. The predicted molar refractivity (Wildman–Crippen MR) is 113 cm³/mol. The summed E-state index contributed by atoms with van der Waals surface area (Å²) >= 11 is 3.49. The lowest BCUT2D eigenvalue weighted by Gasteiger charge is -2.25. The van der Waals surface area contributed by atoms with Crippen molar-refractivity contribution in [2.24, 2.45) is 5.10 Å². The Bertz CT molecular complexity index is 920. The number of hydrogen-bond donors (Lipinski definition) is 1. The molecule has 1 amide bonds. The van der Waals surface area contributed by atoms with E-state index >= 15 is 0 Å². The molecule has 1 aliphatic rings. The van der Waals surface area contributed by atoms with Crippen LogP contribution < -0.4 is 10.2 Å². The number of halogens is 1. The van der Waals surface area contributed by atoms with Gasteiger partial charge in [-0.25, -0.2) is 5.43 Å². The standard InChI is InChI=1S/C21H21BrN4O3/c22-19-11-16(13-24-25-21(27)14-26-7-9-28-10-8-26)5-6-20(19)29-15-18-4-2-1-3-17(18)12-23/h1-6,11,13H,7-10,14-15H2,(H,25,27)/b24-13+. The minimum absolute atomic E-state index is 0.154. The van der Waals surface area contributed by atoms with E-state index < -0.39 is 0 Å². The number of hydrogen-bond acceptors (Lipinski definition) is 6. The van der Waals surface area contributed by atoms with Crippen molar-refractivity contribution in [1.82, 2.24) is 10.3 Å². The van der Waals surface area contributed by atoms with Crippen molar-refractivity contribution >= 4 is 28.1 Å². The summed E-state index contributed by atoms with van der Waals surface area (Å²) in [7, 11) is 0. The first-order chi connectivity index (χ1) is 14.2. The smallest absolute Gasteiger partial charge is 0.254 e. The summed E-state index contributed by atoms with van der Waals surface area (Å²) in [5.41, 5.74) is 4.78. The van der Waals surface area contributed by atoms with Crippen LogP contribution in [0.25, 0.3) is 0 Å². The number of morpholine rings is 1. The van der Waals surface area contributed by atoms with E-state index in [4.69, 9.17) is 14.7 Å². The molecule has 1 saturated heterocycles. The SMILES string of the molecule is N#Cc1ccccc1COc1ccc(/C=N/NC(=O)CN2CCOCC2)cc1Br. The van der Waals surface area contributed by atoms with Gasteiger partial charge in [-0.15, -0.1) is 0 Å². The van der Waals surface area contributed by atoms with Crippen molar-refractivity contribution in [3.8, 4) is 11.8 Å². The fraction of sp³-hybridized carbons (Fsp3) is 0.286. The van der Waals surface area contributed by atoms with Crippen LogP contribution in [0.5, 0.6) is 5.75 Å². The third-order valence-electron chi connectivity index (χ3n) is 4.35. The van der Waals surface area contributed by atoms with Crippen LogP contribution >= 0.6 is 15.9 Å². The molecule has 8 heteroatoms. The van der Waals surface area contributed by atoms with Crippen molar-refractivity contribution in [3.05, 3.63) is 63.6 Å². The maximum atomic E-state index is 11.9. The van der Waals surface area contributed by atoms with Gasteiger partial charge in [0, 0.05) is 18.7 Å². The Morgan fingerprint density at radius 1 is 1.31 bits per heavy atom. The average Bonchev–Trinajstić information content (AvgIpc) is 2.74. The van der Waals surface area contributed by atoms with Gasteiger partial charge < -0.3 is 9.47 Å². The van der Waals surface area contributed by atoms with Crippen molar-refractivity contribution < 1.29 is 14.3 Å². The lowest BCUT2D eigenvalue weighted by Crippen LogP contribution is -2.42. The lowest BCUT2D eigenvalue weighted by atomic mass is 10.1. The number of carbonyl (C=O) groups excluding carboxylic acids is 1. The lowest BCUT2D eigenvalue weighted by molar-refractivity contribution is -0.123. The van der Waals surface area contributed by atoms with Crippen LogP contribution in [-0.4, -0.2) is 49.9 Å². The van der Waals surface area contributed by atoms with E-state index in [2.05, 4.69) is 32.5 Å². The summed E-state index contributed by atoms with van der Waals surface area (Å²) in [6.07, 6.45) is 1.58. The monoisotopic (exact) mass is 456 g/mol. The van der Waals surface area contributed by atoms with Gasteiger partial charge in [0.15, 0.2) is 0 Å². The summed E-state index contributed by atoms with van der Waals surface area (Å²) in [5.74, 6) is 0.504. The summed E-state index contributed by atoms with van der Waals surface area (Å²) in [5, 5.41) is 13.2. The molecule has 1 N–H and O–H groups in total. The highest BCUT2D eigenvalue weighted by atomic mass is 79.9. The number of amides is 1. The first-order valence-corrected chi connectivity index (χ1v) is 9.97. The number of nitrogens with one attached hydrogen (secondary N) is 1. The van der Waals surface area contributed by atoms with Gasteiger partial charge in [0.05, 0.1) is 42.1 Å². The normalized spacial score (nSPS) is 14.5. The first kappa shape index (κ1) is 21.0. The molecule has 1 heterocycles. The van der Waals surface area contributed by atoms with Crippen LogP contribution in [0.1, 0.15) is 16.7 Å². The third kappa shape index (κ3) is 6.39. The molecule has 29 heavy (non-hydrogen) atoms. The molecule has 0 atom stereocenters. The van der Waals surface area contributed by atoms with Crippen LogP contribution in [-0.2, 0) is 16.1 Å². The number of nitrogens with zero attached hydrogens (tertiary/aromatic N) is 3. The van der Waals surface area contributed by atoms with Crippen LogP contribution in [0, 0.1) is 11.3 Å². The Labute approximate surface area is 178 Å². The molecule has 0 bridgehead atoms. The zero-order valence-corrected chi connectivity index (χ0v) is 17.4. The Balaban J connectivity index is 1.51. The van der Waals surface area contributed by atoms with Crippen molar-refractivity contribution in [2.45, 2.75) is 6.61 Å². The van der Waals surface area contributed by atoms with Gasteiger partial charge >= 0.3 is 0 Å². The highest BCUT2D eigenvalue weighted by Gasteiger charge is 2.13. The van der Waals surface area contributed by atoms with Crippen molar-refractivity contribution in [2.75, 3.05) is 32.8 Å². The number of rotatable bonds is 7. The number of ether oxygens (including phenoxy) is 2. The second kappa shape index (κ2) is 10.7. The summed E-state index contributed by atoms with van der Waals surface area (Å²) in [4.78, 5) is 14.0. The number of hydrazone groups is 1. The zero-order valence-electron chi connectivity index (χ0n) is 15.8. The van der Waals surface area contributed by atoms with E-state index in [1.54, 1.807) is 12.3 Å². The van der Waals surface area contributed by atoms with Gasteiger partial charge in [0.2, 0.25) is 0 Å². The Kier molecular flexibility index (Phi) is 7.76. The zero-order chi connectivity index (χ0) is 20.5. The molecular formula is C21H21BrN4O3. The van der Waals surface area contributed by atoms with Gasteiger partial charge in [-0.1, -0.05) is 18.2 Å². The van der Waals surface area contributed by atoms with E-state index in [1.807, 2.05) is 41.3 Å². The summed E-state index contributed by atoms with van der Waals surface area (Å²) < 4.78 is 11.8. The van der Waals surface area contributed by atoms with Gasteiger partial charge in [-0.3, -0.25) is 9.69 Å². The van der Waals surface area contributed by atoms with E-state index in [0.717, 1.165) is 28.7 Å². The van der Waals surface area contributed by atoms with E-state index in [0.29, 0.717) is 37.7 Å². The quantitative estimate of drug-likeness (QED) is 0.511. The van der Waals surface area contributed by atoms with Gasteiger partial charge in [0.1, 0.15) is 12.4 Å². The van der Waals surface area contributed by atoms with Crippen molar-refractivity contribution in [1.29, 1.82) is 5.26 Å². The molecule has 150 valence electrons. The molecule has 3 rings (SSSR count). The topological polar surface area (TPSA) is 86.9 Å². The molecule has 2 aromatic carbocycles. The number of benzene rings is 2. The largest absolute Gasteiger partial charge is 0.488 e. The highest BCUT2D eigenvalue weighted by Crippen LogP contribution is 2.26. The molecule has 0 aliphatic carbocycles. The molecule has 0 saturated carbocycles. The summed E-state index contributed by atoms with van der Waals surface area (Å²) in [6, 6.07) is 15.0. The minimum atomic E-state index is -0.154. The minimum Gasteiger partial charge on any atom is -0.488 e. The van der Waals surface area contributed by atoms with Crippen molar-refractivity contribution in [3.63, 3.8) is 0 Å². The van der Waals surface area contributed by atoms with Crippen LogP contribution in [0.3, 0.4) is 0 Å². The molecule has 1 aliphatic heterocycles. The Morgan fingerprint density at radius 3 is 2.86 bits per heavy atom. The second-order valence-corrected chi connectivity index (χ2v) is 7.28. The van der Waals surface area contributed by atoms with E-state index in [9.17, 15) is 4.79 Å². The van der Waals surface area contributed by atoms with E-state index in [-0.39, 0.29) is 5.91 Å². The molecule has 0 spiro atoms. The molecule has 7 nitrogen and oxygen atoms in total. The van der Waals surface area contributed by atoms with Crippen LogP contribution in [0.4, 0.5) is 0 Å². The average molecular weight is 457 g/mol. The number of carbonyl (C=O) groups is 1. The van der Waals surface area contributed by atoms with Gasteiger partial charge in [-0.2, -0.15) is 10.4 Å². The van der Waals surface area contributed by atoms with Gasteiger partial charge in [-0.05, 0) is 45.8 Å². The molecule has 0 aromatic heterocycles. The van der Waals surface area contributed by atoms with E-state index in [1.165, 1.54) is 0 Å².